The highest BCUT2D eigenvalue weighted by molar-refractivity contribution is 6.30. The van der Waals surface area contributed by atoms with Gasteiger partial charge in [0.15, 0.2) is 0 Å². The molecule has 0 aliphatic heterocycles. The van der Waals surface area contributed by atoms with E-state index in [1.165, 1.54) is 18.3 Å². The third kappa shape index (κ3) is 3.25. The Kier molecular flexibility index (Phi) is 4.18. The zero-order chi connectivity index (χ0) is 14.5. The van der Waals surface area contributed by atoms with Gasteiger partial charge in [0.05, 0.1) is 29.1 Å². The number of hydrogen-bond acceptors (Lipinski definition) is 4. The van der Waals surface area contributed by atoms with E-state index in [0.717, 1.165) is 0 Å². The van der Waals surface area contributed by atoms with Crippen molar-refractivity contribution in [2.75, 3.05) is 5.32 Å². The highest BCUT2D eigenvalue weighted by Crippen LogP contribution is 2.20. The van der Waals surface area contributed by atoms with Gasteiger partial charge >= 0.3 is 5.97 Å². The maximum Gasteiger partial charge on any atom is 0.335 e. The van der Waals surface area contributed by atoms with Crippen LogP contribution in [0.1, 0.15) is 21.6 Å². The first-order valence-corrected chi connectivity index (χ1v) is 6.09. The van der Waals surface area contributed by atoms with Crippen LogP contribution in [0.25, 0.3) is 0 Å². The number of carbonyl (C=O) groups is 1. The molecule has 2 aromatic rings. The van der Waals surface area contributed by atoms with Crippen LogP contribution in [-0.2, 0) is 6.54 Å². The van der Waals surface area contributed by atoms with E-state index in [9.17, 15) is 4.79 Å². The van der Waals surface area contributed by atoms with Crippen LogP contribution in [0.15, 0.2) is 36.5 Å². The van der Waals surface area contributed by atoms with Crippen molar-refractivity contribution in [2.24, 2.45) is 0 Å². The van der Waals surface area contributed by atoms with Gasteiger partial charge in [-0.15, -0.1) is 0 Å². The summed E-state index contributed by atoms with van der Waals surface area (Å²) in [5.41, 5.74) is 1.78. The van der Waals surface area contributed by atoms with Crippen molar-refractivity contribution >= 4 is 23.3 Å². The van der Waals surface area contributed by atoms with Gasteiger partial charge in [-0.3, -0.25) is 4.98 Å². The summed E-state index contributed by atoms with van der Waals surface area (Å²) in [6.45, 7) is 0.302. The second-order valence-electron chi connectivity index (χ2n) is 4.00. The van der Waals surface area contributed by atoms with E-state index in [1.54, 1.807) is 18.2 Å². The first-order chi connectivity index (χ1) is 9.60. The van der Waals surface area contributed by atoms with Crippen LogP contribution in [0, 0.1) is 11.3 Å². The standard InChI is InChI=1S/C14H10ClN3O2/c15-11-2-1-10(7-16)13(6-11)18-8-12-5-9(14(19)20)3-4-17-12/h1-6,18H,8H2,(H,19,20). The van der Waals surface area contributed by atoms with E-state index in [4.69, 9.17) is 22.0 Å². The smallest absolute Gasteiger partial charge is 0.335 e. The molecule has 100 valence electrons. The third-order valence-electron chi connectivity index (χ3n) is 2.63. The number of pyridine rings is 1. The Labute approximate surface area is 120 Å². The lowest BCUT2D eigenvalue weighted by molar-refractivity contribution is 0.0696. The normalized spacial score (nSPS) is 9.80. The number of benzene rings is 1. The molecule has 0 fully saturated rings. The molecule has 0 bridgehead atoms. The van der Waals surface area contributed by atoms with Crippen LogP contribution >= 0.6 is 11.6 Å². The molecule has 0 radical (unpaired) electrons. The Morgan fingerprint density at radius 2 is 2.20 bits per heavy atom. The van der Waals surface area contributed by atoms with E-state index in [1.807, 2.05) is 0 Å². The Balaban J connectivity index is 2.17. The molecule has 0 aliphatic rings. The van der Waals surface area contributed by atoms with Gasteiger partial charge in [-0.2, -0.15) is 5.26 Å². The summed E-state index contributed by atoms with van der Waals surface area (Å²) in [6.07, 6.45) is 1.43. The molecule has 0 amide bonds. The van der Waals surface area contributed by atoms with E-state index in [2.05, 4.69) is 16.4 Å². The molecule has 1 heterocycles. The Hall–Kier alpha value is -2.58. The molecule has 1 aromatic heterocycles. The number of rotatable bonds is 4. The van der Waals surface area contributed by atoms with Crippen molar-refractivity contribution < 1.29 is 9.90 Å². The molecule has 5 nitrogen and oxygen atoms in total. The highest BCUT2D eigenvalue weighted by atomic mass is 35.5. The maximum atomic E-state index is 10.9. The molecular weight excluding hydrogens is 278 g/mol. The SMILES string of the molecule is N#Cc1ccc(Cl)cc1NCc1cc(C(=O)O)ccn1. The van der Waals surface area contributed by atoms with Crippen LogP contribution in [0.3, 0.4) is 0 Å². The number of anilines is 1. The summed E-state index contributed by atoms with van der Waals surface area (Å²) in [7, 11) is 0. The van der Waals surface area contributed by atoms with Gasteiger partial charge in [0.25, 0.3) is 0 Å². The number of hydrogen-bond donors (Lipinski definition) is 2. The molecule has 0 atom stereocenters. The Morgan fingerprint density at radius 1 is 1.40 bits per heavy atom. The minimum atomic E-state index is -1.01. The summed E-state index contributed by atoms with van der Waals surface area (Å²) in [5.74, 6) is -1.01. The van der Waals surface area contributed by atoms with E-state index in [-0.39, 0.29) is 5.56 Å². The molecule has 0 aliphatic carbocycles. The molecule has 0 saturated heterocycles. The molecule has 0 spiro atoms. The Morgan fingerprint density at radius 3 is 2.90 bits per heavy atom. The van der Waals surface area contributed by atoms with Gasteiger partial charge < -0.3 is 10.4 Å². The molecule has 2 rings (SSSR count). The quantitative estimate of drug-likeness (QED) is 0.903. The van der Waals surface area contributed by atoms with Crippen LogP contribution < -0.4 is 5.32 Å². The lowest BCUT2D eigenvalue weighted by Gasteiger charge is -2.08. The fourth-order valence-electron chi connectivity index (χ4n) is 1.65. The summed E-state index contributed by atoms with van der Waals surface area (Å²) >= 11 is 5.88. The average Bonchev–Trinajstić information content (AvgIpc) is 2.45. The fourth-order valence-corrected chi connectivity index (χ4v) is 1.83. The number of nitrogens with one attached hydrogen (secondary N) is 1. The predicted molar refractivity (Wildman–Crippen MR) is 74.7 cm³/mol. The molecule has 20 heavy (non-hydrogen) atoms. The number of nitriles is 1. The fraction of sp³-hybridized carbons (Fsp3) is 0.0714. The lowest BCUT2D eigenvalue weighted by Crippen LogP contribution is -2.05. The minimum absolute atomic E-state index is 0.170. The number of nitrogens with zero attached hydrogens (tertiary/aromatic N) is 2. The van der Waals surface area contributed by atoms with Crippen LogP contribution in [0.5, 0.6) is 0 Å². The monoisotopic (exact) mass is 287 g/mol. The number of aromatic nitrogens is 1. The molecule has 2 N–H and O–H groups in total. The molecule has 0 unspecified atom stereocenters. The summed E-state index contributed by atoms with van der Waals surface area (Å²) in [6, 6.07) is 9.84. The first kappa shape index (κ1) is 13.8. The summed E-state index contributed by atoms with van der Waals surface area (Å²) in [4.78, 5) is 14.9. The molecule has 1 aromatic carbocycles. The highest BCUT2D eigenvalue weighted by Gasteiger charge is 2.06. The van der Waals surface area contributed by atoms with Crippen molar-refractivity contribution in [2.45, 2.75) is 6.54 Å². The zero-order valence-electron chi connectivity index (χ0n) is 10.3. The van der Waals surface area contributed by atoms with E-state index in [0.29, 0.717) is 28.5 Å². The number of carboxylic acid groups (broad SMARTS) is 1. The van der Waals surface area contributed by atoms with Gasteiger partial charge in [0, 0.05) is 11.2 Å². The topological polar surface area (TPSA) is 86.0 Å². The van der Waals surface area contributed by atoms with Gasteiger partial charge in [0.1, 0.15) is 6.07 Å². The van der Waals surface area contributed by atoms with Crippen molar-refractivity contribution in [1.29, 1.82) is 5.26 Å². The number of halogens is 1. The zero-order valence-corrected chi connectivity index (χ0v) is 11.1. The number of aromatic carboxylic acids is 1. The van der Waals surface area contributed by atoms with Crippen LogP contribution in [0.4, 0.5) is 5.69 Å². The van der Waals surface area contributed by atoms with Crippen molar-refractivity contribution in [3.05, 3.63) is 58.4 Å². The van der Waals surface area contributed by atoms with Crippen LogP contribution in [-0.4, -0.2) is 16.1 Å². The second-order valence-corrected chi connectivity index (χ2v) is 4.43. The Bertz CT molecular complexity index is 695. The lowest BCUT2D eigenvalue weighted by atomic mass is 10.2. The third-order valence-corrected chi connectivity index (χ3v) is 2.86. The second kappa shape index (κ2) is 6.04. The largest absolute Gasteiger partial charge is 0.478 e. The van der Waals surface area contributed by atoms with Crippen molar-refractivity contribution in [3.8, 4) is 6.07 Å². The predicted octanol–water partition coefficient (Wildman–Crippen LogP) is 2.92. The van der Waals surface area contributed by atoms with E-state index < -0.39 is 5.97 Å². The van der Waals surface area contributed by atoms with Crippen molar-refractivity contribution in [1.82, 2.24) is 4.98 Å². The average molecular weight is 288 g/mol. The van der Waals surface area contributed by atoms with Crippen molar-refractivity contribution in [3.63, 3.8) is 0 Å². The number of carboxylic acids is 1. The van der Waals surface area contributed by atoms with Gasteiger partial charge in [-0.25, -0.2) is 4.79 Å². The minimum Gasteiger partial charge on any atom is -0.478 e. The summed E-state index contributed by atoms with van der Waals surface area (Å²) < 4.78 is 0. The summed E-state index contributed by atoms with van der Waals surface area (Å²) in [5, 5.41) is 21.4. The van der Waals surface area contributed by atoms with Gasteiger partial charge in [-0.1, -0.05) is 11.6 Å². The first-order valence-electron chi connectivity index (χ1n) is 5.72. The molecule has 0 saturated carbocycles. The van der Waals surface area contributed by atoms with Gasteiger partial charge in [-0.05, 0) is 30.3 Å². The molecule has 6 heteroatoms. The van der Waals surface area contributed by atoms with Gasteiger partial charge in [0.2, 0.25) is 0 Å². The maximum absolute atomic E-state index is 10.9. The van der Waals surface area contributed by atoms with E-state index >= 15 is 0 Å². The molecular formula is C14H10ClN3O2. The van der Waals surface area contributed by atoms with Crippen LogP contribution in [0.2, 0.25) is 5.02 Å².